The summed E-state index contributed by atoms with van der Waals surface area (Å²) in [7, 11) is 0. The lowest BCUT2D eigenvalue weighted by molar-refractivity contribution is -0.136. The summed E-state index contributed by atoms with van der Waals surface area (Å²) in [6.45, 7) is 4.67. The van der Waals surface area contributed by atoms with Crippen LogP contribution in [0.25, 0.3) is 0 Å². The molecular weight excluding hydrogens is 427 g/mol. The molecule has 1 heterocycles. The standard InChI is InChI=1S/C21H28Cl2N4O3/c1-3-10-26(12-18(28)24-17-11-15(22)7-8-16(17)23)13-27-19(29)21(25-20(27)30)9-5-4-6-14(21)2/h7-8,11,14H,3-6,9-10,12-13H2,1-2H3,(H,24,28)(H,25,30)/t14-,21+/m1/s1. The third-order valence-corrected chi connectivity index (χ3v) is 6.52. The van der Waals surface area contributed by atoms with Gasteiger partial charge in [0.15, 0.2) is 0 Å². The van der Waals surface area contributed by atoms with Gasteiger partial charge in [0, 0.05) is 11.6 Å². The molecule has 1 saturated heterocycles. The molecule has 0 bridgehead atoms. The van der Waals surface area contributed by atoms with E-state index < -0.39 is 5.54 Å². The van der Waals surface area contributed by atoms with Crippen molar-refractivity contribution >= 4 is 46.7 Å². The van der Waals surface area contributed by atoms with Gasteiger partial charge < -0.3 is 10.6 Å². The molecule has 164 valence electrons. The number of hydrogen-bond acceptors (Lipinski definition) is 4. The monoisotopic (exact) mass is 454 g/mol. The Hall–Kier alpha value is -1.83. The second kappa shape index (κ2) is 9.54. The molecule has 2 atom stereocenters. The van der Waals surface area contributed by atoms with Gasteiger partial charge in [-0.05, 0) is 43.4 Å². The number of carbonyl (C=O) groups is 3. The van der Waals surface area contributed by atoms with E-state index in [9.17, 15) is 14.4 Å². The van der Waals surface area contributed by atoms with Crippen LogP contribution < -0.4 is 10.6 Å². The topological polar surface area (TPSA) is 81.8 Å². The van der Waals surface area contributed by atoms with Crippen molar-refractivity contribution in [2.45, 2.75) is 51.5 Å². The first-order valence-corrected chi connectivity index (χ1v) is 11.1. The fourth-order valence-corrected chi connectivity index (χ4v) is 4.66. The Morgan fingerprint density at radius 2 is 2.10 bits per heavy atom. The third-order valence-electron chi connectivity index (χ3n) is 5.95. The molecule has 0 radical (unpaired) electrons. The Labute approximate surface area is 187 Å². The predicted octanol–water partition coefficient (Wildman–Crippen LogP) is 4.10. The summed E-state index contributed by atoms with van der Waals surface area (Å²) in [5, 5.41) is 6.55. The number of nitrogens with zero attached hydrogens (tertiary/aromatic N) is 2. The van der Waals surface area contributed by atoms with E-state index in [1.54, 1.807) is 23.1 Å². The van der Waals surface area contributed by atoms with Crippen LogP contribution in [0.4, 0.5) is 10.5 Å². The van der Waals surface area contributed by atoms with Gasteiger partial charge in [-0.15, -0.1) is 0 Å². The van der Waals surface area contributed by atoms with Crippen molar-refractivity contribution in [2.24, 2.45) is 5.92 Å². The maximum atomic E-state index is 13.2. The zero-order chi connectivity index (χ0) is 21.9. The Morgan fingerprint density at radius 1 is 1.33 bits per heavy atom. The highest BCUT2D eigenvalue weighted by Gasteiger charge is 2.55. The smallest absolute Gasteiger partial charge is 0.324 e. The Balaban J connectivity index is 1.68. The summed E-state index contributed by atoms with van der Waals surface area (Å²) in [6, 6.07) is 4.45. The molecule has 1 saturated carbocycles. The number of carbonyl (C=O) groups excluding carboxylic acids is 3. The summed E-state index contributed by atoms with van der Waals surface area (Å²) < 4.78 is 0. The van der Waals surface area contributed by atoms with Crippen LogP contribution >= 0.6 is 23.2 Å². The highest BCUT2D eigenvalue weighted by Crippen LogP contribution is 2.38. The van der Waals surface area contributed by atoms with Crippen molar-refractivity contribution in [1.82, 2.24) is 15.1 Å². The molecule has 1 aliphatic carbocycles. The van der Waals surface area contributed by atoms with E-state index in [-0.39, 0.29) is 37.0 Å². The van der Waals surface area contributed by atoms with Crippen molar-refractivity contribution in [2.75, 3.05) is 25.1 Å². The molecule has 3 rings (SSSR count). The van der Waals surface area contributed by atoms with E-state index in [0.29, 0.717) is 28.7 Å². The maximum Gasteiger partial charge on any atom is 0.326 e. The fraction of sp³-hybridized carbons (Fsp3) is 0.571. The molecule has 1 aromatic carbocycles. The van der Waals surface area contributed by atoms with Gasteiger partial charge in [-0.2, -0.15) is 0 Å². The zero-order valence-corrected chi connectivity index (χ0v) is 18.9. The van der Waals surface area contributed by atoms with E-state index in [2.05, 4.69) is 10.6 Å². The number of urea groups is 1. The summed E-state index contributed by atoms with van der Waals surface area (Å²) in [6.07, 6.45) is 4.35. The average molecular weight is 455 g/mol. The number of benzene rings is 1. The number of halogens is 2. The molecular formula is C21H28Cl2N4O3. The molecule has 30 heavy (non-hydrogen) atoms. The van der Waals surface area contributed by atoms with Crippen molar-refractivity contribution < 1.29 is 14.4 Å². The first kappa shape index (κ1) is 22.8. The molecule has 1 aliphatic heterocycles. The number of amides is 4. The quantitative estimate of drug-likeness (QED) is 0.607. The number of hydrogen-bond donors (Lipinski definition) is 2. The number of imide groups is 1. The largest absolute Gasteiger partial charge is 0.326 e. The number of rotatable bonds is 7. The van der Waals surface area contributed by atoms with Crippen LogP contribution in [0.1, 0.15) is 46.0 Å². The maximum absolute atomic E-state index is 13.2. The zero-order valence-electron chi connectivity index (χ0n) is 17.3. The van der Waals surface area contributed by atoms with E-state index in [1.807, 2.05) is 13.8 Å². The van der Waals surface area contributed by atoms with Gasteiger partial charge in [0.25, 0.3) is 5.91 Å². The lowest BCUT2D eigenvalue weighted by Gasteiger charge is -2.37. The second-order valence-corrected chi connectivity index (χ2v) is 8.99. The van der Waals surface area contributed by atoms with Crippen LogP contribution in [0, 0.1) is 5.92 Å². The lowest BCUT2D eigenvalue weighted by atomic mass is 9.73. The highest BCUT2D eigenvalue weighted by atomic mass is 35.5. The number of anilines is 1. The van der Waals surface area contributed by atoms with Gasteiger partial charge in [-0.25, -0.2) is 9.69 Å². The van der Waals surface area contributed by atoms with Crippen LogP contribution in [0.15, 0.2) is 18.2 Å². The summed E-state index contributed by atoms with van der Waals surface area (Å²) in [5.41, 5.74) is -0.375. The van der Waals surface area contributed by atoms with Gasteiger partial charge in [0.1, 0.15) is 5.54 Å². The van der Waals surface area contributed by atoms with Crippen molar-refractivity contribution in [3.05, 3.63) is 28.2 Å². The van der Waals surface area contributed by atoms with Crippen molar-refractivity contribution in [1.29, 1.82) is 0 Å². The van der Waals surface area contributed by atoms with Crippen LogP contribution in [0.5, 0.6) is 0 Å². The summed E-state index contributed by atoms with van der Waals surface area (Å²) in [4.78, 5) is 41.4. The van der Waals surface area contributed by atoms with E-state index >= 15 is 0 Å². The predicted molar refractivity (Wildman–Crippen MR) is 118 cm³/mol. The molecule has 4 amide bonds. The minimum atomic E-state index is -0.802. The minimum absolute atomic E-state index is 0.0241. The van der Waals surface area contributed by atoms with E-state index in [0.717, 1.165) is 25.7 Å². The Morgan fingerprint density at radius 3 is 2.80 bits per heavy atom. The normalized spacial score (nSPS) is 23.9. The Bertz CT molecular complexity index is 834. The third kappa shape index (κ3) is 4.74. The average Bonchev–Trinajstić information content (AvgIpc) is 2.92. The van der Waals surface area contributed by atoms with Crippen molar-refractivity contribution in [3.8, 4) is 0 Å². The SMILES string of the molecule is CCCN(CC(=O)Nc1cc(Cl)ccc1Cl)CN1C(=O)N[C@]2(CCCC[C@H]2C)C1=O. The van der Waals surface area contributed by atoms with Crippen LogP contribution in [0.3, 0.4) is 0 Å². The molecule has 2 N–H and O–H groups in total. The van der Waals surface area contributed by atoms with Crippen molar-refractivity contribution in [3.63, 3.8) is 0 Å². The summed E-state index contributed by atoms with van der Waals surface area (Å²) >= 11 is 12.1. The highest BCUT2D eigenvalue weighted by molar-refractivity contribution is 6.35. The van der Waals surface area contributed by atoms with Gasteiger partial charge in [0.05, 0.1) is 23.9 Å². The molecule has 2 fully saturated rings. The molecule has 9 heteroatoms. The van der Waals surface area contributed by atoms with Gasteiger partial charge in [-0.3, -0.25) is 14.5 Å². The van der Waals surface area contributed by atoms with Gasteiger partial charge in [0.2, 0.25) is 5.91 Å². The molecule has 0 unspecified atom stereocenters. The van der Waals surface area contributed by atoms with E-state index in [1.165, 1.54) is 4.90 Å². The van der Waals surface area contributed by atoms with Crippen LogP contribution in [-0.2, 0) is 9.59 Å². The fourth-order valence-electron chi connectivity index (χ4n) is 4.33. The summed E-state index contributed by atoms with van der Waals surface area (Å²) in [5.74, 6) is -0.375. The van der Waals surface area contributed by atoms with Gasteiger partial charge in [-0.1, -0.05) is 49.9 Å². The molecule has 1 spiro atoms. The molecule has 1 aromatic rings. The lowest BCUT2D eigenvalue weighted by Crippen LogP contribution is -2.54. The molecule has 2 aliphatic rings. The molecule has 0 aromatic heterocycles. The minimum Gasteiger partial charge on any atom is -0.324 e. The first-order chi connectivity index (χ1) is 14.3. The van der Waals surface area contributed by atoms with E-state index in [4.69, 9.17) is 23.2 Å². The first-order valence-electron chi connectivity index (χ1n) is 10.4. The second-order valence-electron chi connectivity index (χ2n) is 8.15. The van der Waals surface area contributed by atoms with Crippen LogP contribution in [0.2, 0.25) is 10.0 Å². The van der Waals surface area contributed by atoms with Crippen LogP contribution in [-0.4, -0.2) is 52.9 Å². The number of nitrogens with one attached hydrogen (secondary N) is 2. The molecule has 7 nitrogen and oxygen atoms in total. The van der Waals surface area contributed by atoms with Gasteiger partial charge >= 0.3 is 6.03 Å². The Kier molecular flexibility index (Phi) is 7.26.